The average Bonchev–Trinajstić information content (AvgIpc) is 2.96. The predicted octanol–water partition coefficient (Wildman–Crippen LogP) is 1.87. The van der Waals surface area contributed by atoms with E-state index in [4.69, 9.17) is 0 Å². The molecule has 1 aromatic carbocycles. The topological polar surface area (TPSA) is 39.6 Å². The first-order valence-electron chi connectivity index (χ1n) is 7.10. The SMILES string of the molecule is CN(C)C1CCN(c2cc(CO)nc3ccccc23)C1. The minimum atomic E-state index is -0.0111. The lowest BCUT2D eigenvalue weighted by Gasteiger charge is -2.23. The van der Waals surface area contributed by atoms with Crippen LogP contribution < -0.4 is 4.90 Å². The van der Waals surface area contributed by atoms with Gasteiger partial charge in [-0.2, -0.15) is 0 Å². The zero-order valence-corrected chi connectivity index (χ0v) is 12.1. The van der Waals surface area contributed by atoms with E-state index in [1.54, 1.807) is 0 Å². The lowest BCUT2D eigenvalue weighted by molar-refractivity contribution is 0.277. The number of fused-ring (bicyclic) bond motifs is 1. The van der Waals surface area contributed by atoms with Gasteiger partial charge in [0.05, 0.1) is 17.8 Å². The van der Waals surface area contributed by atoms with Crippen molar-refractivity contribution in [2.75, 3.05) is 32.1 Å². The Kier molecular flexibility index (Phi) is 3.59. The molecule has 0 radical (unpaired) electrons. The van der Waals surface area contributed by atoms with Gasteiger partial charge in [-0.05, 0) is 32.6 Å². The van der Waals surface area contributed by atoms with E-state index in [9.17, 15) is 5.11 Å². The van der Waals surface area contributed by atoms with Crippen molar-refractivity contribution in [1.29, 1.82) is 0 Å². The summed E-state index contributed by atoms with van der Waals surface area (Å²) in [4.78, 5) is 9.19. The van der Waals surface area contributed by atoms with Crippen molar-refractivity contribution in [1.82, 2.24) is 9.88 Å². The summed E-state index contributed by atoms with van der Waals surface area (Å²) in [5.74, 6) is 0. The molecule has 20 heavy (non-hydrogen) atoms. The number of aliphatic hydroxyl groups is 1. The normalized spacial score (nSPS) is 19.2. The van der Waals surface area contributed by atoms with Gasteiger partial charge in [0.1, 0.15) is 0 Å². The van der Waals surface area contributed by atoms with E-state index >= 15 is 0 Å². The summed E-state index contributed by atoms with van der Waals surface area (Å²) in [5, 5.41) is 10.6. The van der Waals surface area contributed by atoms with Crippen molar-refractivity contribution in [3.63, 3.8) is 0 Å². The Morgan fingerprint density at radius 1 is 1.35 bits per heavy atom. The van der Waals surface area contributed by atoms with Gasteiger partial charge in [0.15, 0.2) is 0 Å². The fourth-order valence-corrected chi connectivity index (χ4v) is 2.94. The van der Waals surface area contributed by atoms with Gasteiger partial charge < -0.3 is 14.9 Å². The van der Waals surface area contributed by atoms with Crippen LogP contribution in [0.4, 0.5) is 5.69 Å². The number of aliphatic hydroxyl groups excluding tert-OH is 1. The summed E-state index contributed by atoms with van der Waals surface area (Å²) in [6.45, 7) is 2.08. The van der Waals surface area contributed by atoms with Crippen LogP contribution in [0.5, 0.6) is 0 Å². The highest BCUT2D eigenvalue weighted by molar-refractivity contribution is 5.92. The van der Waals surface area contributed by atoms with E-state index < -0.39 is 0 Å². The molecule has 0 spiro atoms. The molecule has 1 aliphatic heterocycles. The number of para-hydroxylation sites is 1. The van der Waals surface area contributed by atoms with E-state index in [1.165, 1.54) is 17.5 Å². The van der Waals surface area contributed by atoms with Crippen molar-refractivity contribution in [2.24, 2.45) is 0 Å². The van der Waals surface area contributed by atoms with Crippen LogP contribution in [0, 0.1) is 0 Å². The number of rotatable bonds is 3. The zero-order chi connectivity index (χ0) is 14.1. The van der Waals surface area contributed by atoms with Gasteiger partial charge in [-0.15, -0.1) is 0 Å². The van der Waals surface area contributed by atoms with Crippen molar-refractivity contribution >= 4 is 16.6 Å². The fraction of sp³-hybridized carbons (Fsp3) is 0.438. The molecular weight excluding hydrogens is 250 g/mol. The number of hydrogen-bond acceptors (Lipinski definition) is 4. The molecule has 3 rings (SSSR count). The summed E-state index contributed by atoms with van der Waals surface area (Å²) in [7, 11) is 4.27. The Bertz CT molecular complexity index is 612. The van der Waals surface area contributed by atoms with Gasteiger partial charge in [0, 0.05) is 30.2 Å². The molecule has 2 heterocycles. The lowest BCUT2D eigenvalue weighted by Crippen LogP contribution is -2.31. The average molecular weight is 271 g/mol. The highest BCUT2D eigenvalue weighted by Crippen LogP contribution is 2.30. The molecule has 1 unspecified atom stereocenters. The Hall–Kier alpha value is -1.65. The van der Waals surface area contributed by atoms with E-state index in [-0.39, 0.29) is 6.61 Å². The number of pyridine rings is 1. The maximum absolute atomic E-state index is 9.42. The minimum Gasteiger partial charge on any atom is -0.390 e. The maximum atomic E-state index is 9.42. The third-order valence-electron chi connectivity index (χ3n) is 4.14. The van der Waals surface area contributed by atoms with Gasteiger partial charge in [-0.25, -0.2) is 0 Å². The number of nitrogens with zero attached hydrogens (tertiary/aromatic N) is 3. The Balaban J connectivity index is 2.02. The molecule has 0 amide bonds. The van der Waals surface area contributed by atoms with Gasteiger partial charge in [0.25, 0.3) is 0 Å². The number of likely N-dealkylation sites (N-methyl/N-ethyl adjacent to an activating group) is 1. The highest BCUT2D eigenvalue weighted by Gasteiger charge is 2.25. The third-order valence-corrected chi connectivity index (χ3v) is 4.14. The van der Waals surface area contributed by atoms with Crippen LogP contribution in [-0.2, 0) is 6.61 Å². The summed E-state index contributed by atoms with van der Waals surface area (Å²) in [6, 6.07) is 10.8. The molecule has 1 atom stereocenters. The van der Waals surface area contributed by atoms with Crippen molar-refractivity contribution < 1.29 is 5.11 Å². The van der Waals surface area contributed by atoms with Gasteiger partial charge in [0.2, 0.25) is 0 Å². The molecule has 1 saturated heterocycles. The second-order valence-corrected chi connectivity index (χ2v) is 5.66. The first-order chi connectivity index (χ1) is 9.69. The van der Waals surface area contributed by atoms with Crippen LogP contribution >= 0.6 is 0 Å². The van der Waals surface area contributed by atoms with Crippen LogP contribution in [0.25, 0.3) is 10.9 Å². The van der Waals surface area contributed by atoms with Crippen LogP contribution in [0.1, 0.15) is 12.1 Å². The molecule has 4 heteroatoms. The van der Waals surface area contributed by atoms with Crippen LogP contribution in [0.2, 0.25) is 0 Å². The molecule has 0 saturated carbocycles. The molecule has 1 aliphatic rings. The molecule has 106 valence electrons. The monoisotopic (exact) mass is 271 g/mol. The number of benzene rings is 1. The maximum Gasteiger partial charge on any atom is 0.0854 e. The van der Waals surface area contributed by atoms with Crippen molar-refractivity contribution in [2.45, 2.75) is 19.1 Å². The van der Waals surface area contributed by atoms with Crippen LogP contribution in [-0.4, -0.2) is 48.2 Å². The number of anilines is 1. The Morgan fingerprint density at radius 2 is 2.15 bits per heavy atom. The van der Waals surface area contributed by atoms with Gasteiger partial charge in [-0.3, -0.25) is 4.98 Å². The largest absolute Gasteiger partial charge is 0.390 e. The van der Waals surface area contributed by atoms with Crippen molar-refractivity contribution in [3.8, 4) is 0 Å². The van der Waals surface area contributed by atoms with E-state index in [0.29, 0.717) is 6.04 Å². The van der Waals surface area contributed by atoms with E-state index in [1.807, 2.05) is 24.3 Å². The van der Waals surface area contributed by atoms with Gasteiger partial charge in [-0.1, -0.05) is 18.2 Å². The zero-order valence-electron chi connectivity index (χ0n) is 12.1. The molecule has 1 N–H and O–H groups in total. The highest BCUT2D eigenvalue weighted by atomic mass is 16.3. The predicted molar refractivity (Wildman–Crippen MR) is 82.0 cm³/mol. The lowest BCUT2D eigenvalue weighted by atomic mass is 10.1. The number of hydrogen-bond donors (Lipinski definition) is 1. The molecule has 0 bridgehead atoms. The quantitative estimate of drug-likeness (QED) is 0.925. The molecule has 4 nitrogen and oxygen atoms in total. The van der Waals surface area contributed by atoms with Gasteiger partial charge >= 0.3 is 0 Å². The van der Waals surface area contributed by atoms with Crippen molar-refractivity contribution in [3.05, 3.63) is 36.0 Å². The number of aromatic nitrogens is 1. The summed E-state index contributed by atoms with van der Waals surface area (Å²) in [5.41, 5.74) is 2.90. The van der Waals surface area contributed by atoms with Crippen LogP contribution in [0.15, 0.2) is 30.3 Å². The summed E-state index contributed by atoms with van der Waals surface area (Å²) >= 11 is 0. The molecule has 1 aromatic heterocycles. The minimum absolute atomic E-state index is 0.0111. The Labute approximate surface area is 119 Å². The second kappa shape index (κ2) is 5.38. The Morgan fingerprint density at radius 3 is 2.85 bits per heavy atom. The van der Waals surface area contributed by atoms with E-state index in [0.717, 1.165) is 24.3 Å². The molecule has 0 aliphatic carbocycles. The molecule has 1 fully saturated rings. The van der Waals surface area contributed by atoms with E-state index in [2.05, 4.69) is 34.9 Å². The standard InChI is InChI=1S/C16H21N3O/c1-18(2)13-7-8-19(10-13)16-9-12(11-20)17-15-6-4-3-5-14(15)16/h3-6,9,13,20H,7-8,10-11H2,1-2H3. The molecule has 2 aromatic rings. The second-order valence-electron chi connectivity index (χ2n) is 5.66. The smallest absolute Gasteiger partial charge is 0.0854 e. The summed E-state index contributed by atoms with van der Waals surface area (Å²) < 4.78 is 0. The third kappa shape index (κ3) is 2.37. The first kappa shape index (κ1) is 13.3. The fourth-order valence-electron chi connectivity index (χ4n) is 2.94. The molecular formula is C16H21N3O. The summed E-state index contributed by atoms with van der Waals surface area (Å²) in [6.07, 6.45) is 1.18. The first-order valence-corrected chi connectivity index (χ1v) is 7.10. The van der Waals surface area contributed by atoms with Crippen LogP contribution in [0.3, 0.4) is 0 Å².